The lowest BCUT2D eigenvalue weighted by molar-refractivity contribution is -0.140. The third kappa shape index (κ3) is 14.4. The van der Waals surface area contributed by atoms with Gasteiger partial charge in [-0.3, -0.25) is 9.59 Å². The first-order valence-electron chi connectivity index (χ1n) is 45.2. The molecule has 10 aliphatic heterocycles. The Morgan fingerprint density at radius 1 is 0.378 bits per heavy atom. The van der Waals surface area contributed by atoms with Crippen LogP contribution < -0.4 is 10.6 Å². The minimum Gasteiger partial charge on any atom is -0.508 e. The second kappa shape index (κ2) is 32.0. The van der Waals surface area contributed by atoms with Gasteiger partial charge in [0.05, 0.1) is 0 Å². The van der Waals surface area contributed by atoms with Gasteiger partial charge in [0.2, 0.25) is 11.8 Å². The minimum atomic E-state index is -0.0107. The molecule has 6 aromatic rings. The van der Waals surface area contributed by atoms with E-state index in [1.165, 1.54) is 94.5 Å². The summed E-state index contributed by atoms with van der Waals surface area (Å²) in [5.74, 6) is 5.69. The van der Waals surface area contributed by atoms with Crippen LogP contribution in [0.2, 0.25) is 0 Å². The average Bonchev–Trinajstić information content (AvgIpc) is 0.841. The number of phenols is 5. The summed E-state index contributed by atoms with van der Waals surface area (Å²) in [5, 5.41) is 57.3. The zero-order valence-corrected chi connectivity index (χ0v) is 72.8. The van der Waals surface area contributed by atoms with Crippen molar-refractivity contribution in [2.75, 3.05) is 153 Å². The first-order valence-corrected chi connectivity index (χ1v) is 45.6. The Morgan fingerprint density at radius 2 is 0.672 bits per heavy atom. The Bertz CT molecular complexity index is 4720. The number of likely N-dealkylation sites (tertiary alicyclic amines) is 10. The Labute approximate surface area is 711 Å². The highest BCUT2D eigenvalue weighted by atomic mass is 32.1. The number of amides is 4. The van der Waals surface area contributed by atoms with Crippen LogP contribution in [-0.4, -0.2) is 275 Å². The van der Waals surface area contributed by atoms with Crippen molar-refractivity contribution in [3.8, 4) is 28.7 Å². The van der Waals surface area contributed by atoms with E-state index in [0.717, 1.165) is 179 Å². The first kappa shape index (κ1) is 82.0. The summed E-state index contributed by atoms with van der Waals surface area (Å²) in [7, 11) is 15.4. The van der Waals surface area contributed by atoms with E-state index in [4.69, 9.17) is 12.2 Å². The van der Waals surface area contributed by atoms with Crippen LogP contribution in [0.4, 0.5) is 10.5 Å². The number of carbonyl (C=O) groups is 3. The fraction of sp³-hybridized carbons (Fsp3) is 0.592. The lowest BCUT2D eigenvalue weighted by atomic mass is 9.54. The highest BCUT2D eigenvalue weighted by molar-refractivity contribution is 7.80. The molecule has 636 valence electrons. The zero-order chi connectivity index (χ0) is 82.9. The van der Waals surface area contributed by atoms with Crippen LogP contribution in [0.15, 0.2) is 121 Å². The van der Waals surface area contributed by atoms with E-state index in [2.05, 4.69) is 133 Å². The summed E-state index contributed by atoms with van der Waals surface area (Å²) < 4.78 is 0. The number of phenolic OH excluding ortho intramolecular Hbond substituents is 5. The van der Waals surface area contributed by atoms with Crippen molar-refractivity contribution in [2.24, 2.45) is 41.4 Å². The molecular formula is C98H130N12O8S. The van der Waals surface area contributed by atoms with E-state index in [1.807, 2.05) is 111 Å². The van der Waals surface area contributed by atoms with Gasteiger partial charge in [-0.05, 0) is 337 Å². The molecule has 0 spiro atoms. The molecule has 7 N–H and O–H groups in total. The fourth-order valence-corrected chi connectivity index (χ4v) is 27.3. The molecule has 11 fully saturated rings. The third-order valence-corrected chi connectivity index (χ3v) is 34.3. The van der Waals surface area contributed by atoms with Gasteiger partial charge >= 0.3 is 6.03 Å². The Morgan fingerprint density at radius 3 is 1.02 bits per heavy atom. The van der Waals surface area contributed by atoms with E-state index >= 15 is 0 Å². The monoisotopic (exact) mass is 1630 g/mol. The fourth-order valence-electron chi connectivity index (χ4n) is 27.1. The Kier molecular flexibility index (Phi) is 22.1. The maximum Gasteiger partial charge on any atom is 0.321 e. The van der Waals surface area contributed by atoms with Gasteiger partial charge in [-0.15, -0.1) is 0 Å². The van der Waals surface area contributed by atoms with E-state index in [9.17, 15) is 39.9 Å². The molecule has 10 bridgehead atoms. The number of thiocarbonyl (C=S) groups is 1. The number of nitrogens with one attached hydrogen (secondary N) is 2. The normalized spacial score (nSPS) is 33.1. The second-order valence-corrected chi connectivity index (χ2v) is 40.2. The lowest BCUT2D eigenvalue weighted by Crippen LogP contribution is -2.65. The largest absolute Gasteiger partial charge is 0.508 e. The highest BCUT2D eigenvalue weighted by Gasteiger charge is 2.61. The first-order chi connectivity index (χ1) is 57.2. The van der Waals surface area contributed by atoms with Crippen molar-refractivity contribution < 1.29 is 39.9 Å². The molecule has 4 amide bonds. The van der Waals surface area contributed by atoms with Crippen molar-refractivity contribution in [3.63, 3.8) is 0 Å². The SMILES string of the molecule is CC(C)C(=O)N1CC[C@]23CCN(C)[C@H](Cc4ccc(O)cc42)[C@@H]3C1.CN1CC[C@]23CCN(C(=O)C4CC4)C[C@H]2[C@H]1Cc1ccc(O)cc13.CN1CC[C@]23CCN(C(=O)Nc4ccccc4)C[C@H]2[C@H]1Cc1ccc(O)cc13.CN1CC[C@]23CCN(C)[C@H](Cc4ccc(O)cc42)[C@@H]3C1.CNC(=S)N1CC[C@]23CCN(C)[C@H](Cc4ccc(O)cc42)[C@@H]3C1. The summed E-state index contributed by atoms with van der Waals surface area (Å²) in [4.78, 5) is 61.7. The Hall–Kier alpha value is -8.02. The maximum absolute atomic E-state index is 12.9. The molecule has 6 aromatic carbocycles. The number of hydrogen-bond donors (Lipinski definition) is 7. The van der Waals surface area contributed by atoms with Gasteiger partial charge in [-0.1, -0.05) is 62.4 Å². The maximum atomic E-state index is 12.9. The van der Waals surface area contributed by atoms with Crippen LogP contribution in [-0.2, 0) is 68.8 Å². The number of fused-ring (bicyclic) bond motifs is 5. The van der Waals surface area contributed by atoms with E-state index < -0.39 is 0 Å². The Balaban J connectivity index is 0.000000103. The number of aromatic hydroxyl groups is 5. The van der Waals surface area contributed by atoms with E-state index in [-0.39, 0.29) is 39.5 Å². The predicted octanol–water partition coefficient (Wildman–Crippen LogP) is 11.5. The van der Waals surface area contributed by atoms with Crippen molar-refractivity contribution in [1.29, 1.82) is 0 Å². The van der Waals surface area contributed by atoms with Crippen LogP contribution in [0.1, 0.15) is 147 Å². The van der Waals surface area contributed by atoms with Crippen molar-refractivity contribution in [3.05, 3.63) is 177 Å². The number of piperidine rings is 10. The third-order valence-electron chi connectivity index (χ3n) is 33.8. The van der Waals surface area contributed by atoms with Crippen LogP contribution in [0, 0.1) is 41.4 Å². The molecule has 21 heteroatoms. The van der Waals surface area contributed by atoms with Crippen LogP contribution >= 0.6 is 12.2 Å². The molecule has 10 saturated heterocycles. The number of para-hydroxylation sites is 1. The molecule has 6 aliphatic carbocycles. The number of benzene rings is 6. The molecule has 0 aromatic heterocycles. The zero-order valence-electron chi connectivity index (χ0n) is 71.9. The molecule has 15 atom stereocenters. The minimum absolute atomic E-state index is 0.0107. The van der Waals surface area contributed by atoms with Crippen LogP contribution in [0.5, 0.6) is 28.7 Å². The number of carbonyl (C=O) groups excluding carboxylic acids is 3. The smallest absolute Gasteiger partial charge is 0.321 e. The van der Waals surface area contributed by atoms with Crippen molar-refractivity contribution in [2.45, 2.75) is 180 Å². The quantitative estimate of drug-likeness (QED) is 0.0822. The van der Waals surface area contributed by atoms with Gasteiger partial charge in [0.15, 0.2) is 5.11 Å². The predicted molar refractivity (Wildman–Crippen MR) is 472 cm³/mol. The summed E-state index contributed by atoms with van der Waals surface area (Å²) in [6, 6.07) is 42.3. The summed E-state index contributed by atoms with van der Waals surface area (Å²) >= 11 is 5.49. The standard InChI is InChI=1S/C23H27N3O2.C20H26N2O2.C20H28N2O2.C18H25N3OS.C17H24N2O/c1-25-11-9-23-10-12-26(22(28)24-17-5-3-2-4-6-17)15-20(23)21(25)13-16-7-8-18(27)14-19(16)23;1-21-8-6-20-7-9-22(19(24)13-2-3-13)12-17(20)18(21)10-14-4-5-15(23)11-16(14)20;1-13(2)19(24)22-9-7-20-6-8-21(3)18(17(20)12-22)10-14-4-5-15(23)11-16(14)20;1-19-17(23)21-8-6-18-5-7-20(2)16(15(18)11-21)9-12-3-4-13(22)10-14(12)18;1-18-7-5-17-6-8-19(2)16(15(17)11-18)9-12-3-4-13(20)10-14(12)17/h2-8,14,20-21,27H,9-13,15H2,1H3,(H,24,28);4-5,11,13,17-18,23H,2-3,6-10,12H2,1H3;4-5,11,13,17-18,23H,6-10,12H2,1-3H3;3-4,10,15-16,22H,5-9,11H2,1-2H3,(H,19,23);3-4,10,15-16,20H,5-9,11H2,1-2H3/t20-,21+,23+;2*17-,18+,20+;15-,16+,18+;15-,16+,17-/m00000/s1. The highest BCUT2D eigenvalue weighted by Crippen LogP contribution is 2.60. The summed E-state index contributed by atoms with van der Waals surface area (Å²) in [6.45, 7) is 19.0. The summed E-state index contributed by atoms with van der Waals surface area (Å²) in [6.07, 6.45) is 18.7. The van der Waals surface area contributed by atoms with Gasteiger partial charge in [0.1, 0.15) is 28.7 Å². The number of likely N-dealkylation sites (N-methyl/N-ethyl adjacent to an activating group) is 5. The number of nitrogens with zero attached hydrogens (tertiary/aromatic N) is 10. The second-order valence-electron chi connectivity index (χ2n) is 39.8. The number of hydrogen-bond acceptors (Lipinski definition) is 15. The van der Waals surface area contributed by atoms with Gasteiger partial charge in [0, 0.05) is 164 Å². The number of urea groups is 1. The van der Waals surface area contributed by atoms with Gasteiger partial charge in [-0.25, -0.2) is 4.79 Å². The molecule has 22 rings (SSSR count). The van der Waals surface area contributed by atoms with Gasteiger partial charge in [-0.2, -0.15) is 0 Å². The molecule has 0 radical (unpaired) electrons. The van der Waals surface area contributed by atoms with Crippen molar-refractivity contribution in [1.82, 2.24) is 54.3 Å². The lowest BCUT2D eigenvalue weighted by Gasteiger charge is -2.60. The van der Waals surface area contributed by atoms with Crippen molar-refractivity contribution >= 4 is 40.9 Å². The van der Waals surface area contributed by atoms with Gasteiger partial charge < -0.3 is 85.2 Å². The van der Waals surface area contributed by atoms with Crippen LogP contribution in [0.3, 0.4) is 0 Å². The number of anilines is 1. The molecule has 119 heavy (non-hydrogen) atoms. The molecule has 20 nitrogen and oxygen atoms in total. The molecule has 16 aliphatic rings. The van der Waals surface area contributed by atoms with Crippen LogP contribution in [0.25, 0.3) is 0 Å². The van der Waals surface area contributed by atoms with E-state index in [0.29, 0.717) is 106 Å². The average molecular weight is 1640 g/mol. The number of rotatable bonds is 3. The topological polar surface area (TPSA) is 209 Å². The van der Waals surface area contributed by atoms with Gasteiger partial charge in [0.25, 0.3) is 0 Å². The molecule has 10 heterocycles. The molecule has 0 unspecified atom stereocenters. The molecule has 1 saturated carbocycles. The van der Waals surface area contributed by atoms with E-state index in [1.54, 1.807) is 0 Å². The summed E-state index contributed by atoms with van der Waals surface area (Å²) in [5.41, 5.74) is 15.7. The molecular weight excluding hydrogens is 1510 g/mol.